The lowest BCUT2D eigenvalue weighted by atomic mass is 9.77. The largest absolute Gasteiger partial charge is 0.378 e. The Bertz CT molecular complexity index is 1440. The minimum Gasteiger partial charge on any atom is -0.378 e. The summed E-state index contributed by atoms with van der Waals surface area (Å²) in [5, 5.41) is 15.2. The number of halogens is 1. The van der Waals surface area contributed by atoms with E-state index in [4.69, 9.17) is 11.6 Å². The van der Waals surface area contributed by atoms with Gasteiger partial charge in [0.05, 0.1) is 21.5 Å². The summed E-state index contributed by atoms with van der Waals surface area (Å²) in [6, 6.07) is 16.7. The molecule has 3 aromatic rings. The molecule has 174 valence electrons. The normalized spacial score (nSPS) is 20.8. The van der Waals surface area contributed by atoms with Gasteiger partial charge in [-0.1, -0.05) is 42.0 Å². The van der Waals surface area contributed by atoms with Crippen LogP contribution in [0, 0.1) is 23.0 Å². The number of nitrogens with zero attached hydrogens (tertiary/aromatic N) is 1. The molecular weight excluding hydrogens is 474 g/mol. The van der Waals surface area contributed by atoms with Gasteiger partial charge in [0, 0.05) is 28.8 Å². The number of hydrogen-bond acceptors (Lipinski definition) is 5. The van der Waals surface area contributed by atoms with Crippen LogP contribution in [0.4, 0.5) is 17.1 Å². The highest BCUT2D eigenvalue weighted by molar-refractivity contribution is 7.92. The number of nitro benzene ring substituents is 1. The number of hydrogen-bond donors (Lipinski definition) is 2. The van der Waals surface area contributed by atoms with Crippen molar-refractivity contribution in [3.05, 3.63) is 105 Å². The Morgan fingerprint density at radius 3 is 2.74 bits per heavy atom. The Hall–Kier alpha value is -3.36. The lowest BCUT2D eigenvalue weighted by molar-refractivity contribution is -0.384. The first kappa shape index (κ1) is 22.4. The van der Waals surface area contributed by atoms with E-state index in [0.29, 0.717) is 10.7 Å². The smallest absolute Gasteiger partial charge is 0.269 e. The number of benzene rings is 3. The van der Waals surface area contributed by atoms with E-state index in [2.05, 4.69) is 22.2 Å². The molecule has 0 bridgehead atoms. The summed E-state index contributed by atoms with van der Waals surface area (Å²) < 4.78 is 29.0. The summed E-state index contributed by atoms with van der Waals surface area (Å²) in [4.78, 5) is 11.0. The fraction of sp³-hybridized carbons (Fsp3) is 0.200. The molecule has 0 saturated carbocycles. The first-order chi connectivity index (χ1) is 16.2. The number of aryl methyl sites for hydroxylation is 1. The molecule has 34 heavy (non-hydrogen) atoms. The number of fused-ring (bicyclic) bond motifs is 3. The van der Waals surface area contributed by atoms with Gasteiger partial charge in [0.2, 0.25) is 0 Å². The monoisotopic (exact) mass is 495 g/mol. The van der Waals surface area contributed by atoms with Crippen LogP contribution in [0.25, 0.3) is 0 Å². The number of nitrogens with one attached hydrogen (secondary N) is 2. The Morgan fingerprint density at radius 2 is 1.94 bits per heavy atom. The van der Waals surface area contributed by atoms with Crippen molar-refractivity contribution in [2.75, 3.05) is 10.0 Å². The fourth-order valence-corrected chi connectivity index (χ4v) is 6.14. The maximum atomic E-state index is 13.2. The van der Waals surface area contributed by atoms with Crippen LogP contribution in [0.2, 0.25) is 5.02 Å². The third-order valence-corrected chi connectivity index (χ3v) is 8.13. The van der Waals surface area contributed by atoms with E-state index in [-0.39, 0.29) is 28.5 Å². The Morgan fingerprint density at radius 1 is 1.12 bits per heavy atom. The van der Waals surface area contributed by atoms with Crippen molar-refractivity contribution in [1.82, 2.24) is 0 Å². The second-order valence-corrected chi connectivity index (χ2v) is 10.8. The Kier molecular flexibility index (Phi) is 5.58. The van der Waals surface area contributed by atoms with Gasteiger partial charge < -0.3 is 5.32 Å². The van der Waals surface area contributed by atoms with Gasteiger partial charge in [-0.25, -0.2) is 8.42 Å². The summed E-state index contributed by atoms with van der Waals surface area (Å²) in [6.07, 6.45) is 4.98. The van der Waals surface area contributed by atoms with Crippen LogP contribution in [0.1, 0.15) is 35.1 Å². The minimum atomic E-state index is -3.83. The molecular formula is C25H22ClN3O4S. The molecule has 0 spiro atoms. The topological polar surface area (TPSA) is 101 Å². The maximum Gasteiger partial charge on any atom is 0.269 e. The predicted molar refractivity (Wildman–Crippen MR) is 133 cm³/mol. The van der Waals surface area contributed by atoms with Gasteiger partial charge in [0.15, 0.2) is 0 Å². The van der Waals surface area contributed by atoms with Crippen molar-refractivity contribution in [2.24, 2.45) is 5.92 Å². The number of sulfonamides is 1. The van der Waals surface area contributed by atoms with Crippen LogP contribution in [0.15, 0.2) is 77.7 Å². The molecule has 0 radical (unpaired) electrons. The molecule has 1 aliphatic carbocycles. The molecule has 2 aliphatic rings. The van der Waals surface area contributed by atoms with E-state index >= 15 is 0 Å². The van der Waals surface area contributed by atoms with Crippen LogP contribution in [-0.4, -0.2) is 13.3 Å². The van der Waals surface area contributed by atoms with Gasteiger partial charge in [-0.2, -0.15) is 0 Å². The zero-order valence-electron chi connectivity index (χ0n) is 18.2. The van der Waals surface area contributed by atoms with Gasteiger partial charge in [-0.3, -0.25) is 14.8 Å². The summed E-state index contributed by atoms with van der Waals surface area (Å²) >= 11 is 6.05. The van der Waals surface area contributed by atoms with Crippen LogP contribution in [0.3, 0.4) is 0 Å². The lowest BCUT2D eigenvalue weighted by Gasteiger charge is -2.37. The maximum absolute atomic E-state index is 13.2. The molecule has 0 unspecified atom stereocenters. The zero-order chi connectivity index (χ0) is 24.0. The van der Waals surface area contributed by atoms with Gasteiger partial charge in [0.1, 0.15) is 0 Å². The number of nitro groups is 1. The lowest BCUT2D eigenvalue weighted by Crippen LogP contribution is -2.29. The Labute approximate surface area is 202 Å². The van der Waals surface area contributed by atoms with Gasteiger partial charge >= 0.3 is 0 Å². The minimum absolute atomic E-state index is 0.00330. The number of non-ortho nitro benzene ring substituents is 1. The van der Waals surface area contributed by atoms with Gasteiger partial charge in [-0.15, -0.1) is 0 Å². The van der Waals surface area contributed by atoms with Crippen molar-refractivity contribution in [3.63, 3.8) is 0 Å². The van der Waals surface area contributed by atoms with Crippen molar-refractivity contribution < 1.29 is 13.3 Å². The predicted octanol–water partition coefficient (Wildman–Crippen LogP) is 6.18. The molecule has 5 rings (SSSR count). The third kappa shape index (κ3) is 4.03. The molecule has 0 amide bonds. The highest BCUT2D eigenvalue weighted by Gasteiger charge is 2.38. The Balaban J connectivity index is 1.50. The zero-order valence-corrected chi connectivity index (χ0v) is 19.8. The highest BCUT2D eigenvalue weighted by atomic mass is 35.5. The quantitative estimate of drug-likeness (QED) is 0.250. The number of allylic oxidation sites excluding steroid dienone is 2. The van der Waals surface area contributed by atoms with Gasteiger partial charge in [-0.05, 0) is 66.3 Å². The number of anilines is 2. The summed E-state index contributed by atoms with van der Waals surface area (Å²) in [5.74, 6) is 0.124. The van der Waals surface area contributed by atoms with E-state index in [1.54, 1.807) is 48.5 Å². The van der Waals surface area contributed by atoms with Crippen LogP contribution < -0.4 is 10.0 Å². The second kappa shape index (κ2) is 8.45. The molecule has 1 aliphatic heterocycles. The summed E-state index contributed by atoms with van der Waals surface area (Å²) in [5.41, 5.74) is 3.82. The molecule has 3 aromatic carbocycles. The van der Waals surface area contributed by atoms with Crippen molar-refractivity contribution in [1.29, 1.82) is 0 Å². The van der Waals surface area contributed by atoms with Crippen molar-refractivity contribution in [2.45, 2.75) is 30.2 Å². The standard InChI is InChI=1S/C25H22ClN3O4S/c1-15-8-9-17(26)13-24(15)28-34(32,33)19-10-11-23-22(14-19)20-6-3-7-21(20)25(27-23)16-4-2-5-18(12-16)29(30)31/h2-6,8-14,20-21,25,27-28H,7H2,1H3/t20-,21+,25+/m0/s1. The van der Waals surface area contributed by atoms with Crippen molar-refractivity contribution in [3.8, 4) is 0 Å². The third-order valence-electron chi connectivity index (χ3n) is 6.53. The summed E-state index contributed by atoms with van der Waals surface area (Å²) in [6.45, 7) is 1.81. The second-order valence-electron chi connectivity index (χ2n) is 8.64. The molecule has 0 aromatic heterocycles. The van der Waals surface area contributed by atoms with Crippen LogP contribution in [0.5, 0.6) is 0 Å². The highest BCUT2D eigenvalue weighted by Crippen LogP contribution is 2.50. The summed E-state index contributed by atoms with van der Waals surface area (Å²) in [7, 11) is -3.83. The van der Waals surface area contributed by atoms with E-state index in [1.807, 2.05) is 13.0 Å². The first-order valence-corrected chi connectivity index (χ1v) is 12.7. The average molecular weight is 496 g/mol. The van der Waals surface area contributed by atoms with Crippen LogP contribution >= 0.6 is 11.6 Å². The molecule has 2 N–H and O–H groups in total. The van der Waals surface area contributed by atoms with E-state index in [1.165, 1.54) is 6.07 Å². The first-order valence-electron chi connectivity index (χ1n) is 10.8. The van der Waals surface area contributed by atoms with Crippen molar-refractivity contribution >= 4 is 38.7 Å². The molecule has 7 nitrogen and oxygen atoms in total. The number of rotatable bonds is 5. The molecule has 0 saturated heterocycles. The van der Waals surface area contributed by atoms with E-state index in [9.17, 15) is 18.5 Å². The molecule has 9 heteroatoms. The molecule has 1 heterocycles. The van der Waals surface area contributed by atoms with Gasteiger partial charge in [0.25, 0.3) is 15.7 Å². The fourth-order valence-electron chi connectivity index (χ4n) is 4.81. The van der Waals surface area contributed by atoms with E-state index < -0.39 is 14.9 Å². The van der Waals surface area contributed by atoms with E-state index in [0.717, 1.165) is 28.8 Å². The molecule has 0 fully saturated rings. The van der Waals surface area contributed by atoms with Crippen LogP contribution in [-0.2, 0) is 10.0 Å². The molecule has 3 atom stereocenters. The average Bonchev–Trinajstić information content (AvgIpc) is 3.31. The SMILES string of the molecule is Cc1ccc(Cl)cc1NS(=O)(=O)c1ccc2c(c1)[C@H]1C=CC[C@H]1[C@@H](c1cccc([N+](=O)[O-])c1)N2.